The number of hydrogen-bond donors (Lipinski definition) is 1. The van der Waals surface area contributed by atoms with E-state index in [0.29, 0.717) is 64.6 Å². The van der Waals surface area contributed by atoms with E-state index >= 15 is 0 Å². The number of fused-ring (bicyclic) bond motifs is 2. The molecule has 1 aromatic heterocycles. The molecule has 0 aliphatic carbocycles. The molecule has 2 aliphatic rings. The quantitative estimate of drug-likeness (QED) is 0.142. The molecule has 202 valence electrons. The maximum atomic E-state index is 13.6. The summed E-state index contributed by atoms with van der Waals surface area (Å²) < 4.78 is 23.0. The molecule has 0 spiro atoms. The Bertz CT molecular complexity index is 1680. The number of ether oxygens (including phenoxy) is 4. The predicted octanol–water partition coefficient (Wildman–Crippen LogP) is 5.27. The summed E-state index contributed by atoms with van der Waals surface area (Å²) in [7, 11) is 1.57. The fraction of sp³-hybridized carbons (Fsp3) is 0.167. The first-order chi connectivity index (χ1) is 19.5. The van der Waals surface area contributed by atoms with Crippen LogP contribution in [0.15, 0.2) is 78.9 Å². The third-order valence-corrected chi connectivity index (χ3v) is 7.63. The molecule has 0 bridgehead atoms. The van der Waals surface area contributed by atoms with E-state index in [-0.39, 0.29) is 11.3 Å². The van der Waals surface area contributed by atoms with E-state index in [1.54, 1.807) is 67.8 Å². The lowest BCUT2D eigenvalue weighted by atomic mass is 9.95. The molecule has 1 saturated heterocycles. The van der Waals surface area contributed by atoms with Crippen LogP contribution in [0.1, 0.15) is 17.2 Å². The Morgan fingerprint density at radius 1 is 1.07 bits per heavy atom. The summed E-state index contributed by atoms with van der Waals surface area (Å²) in [5.74, 6) is 0.306. The maximum Gasteiger partial charge on any atom is 0.301 e. The van der Waals surface area contributed by atoms with Gasteiger partial charge in [0.1, 0.15) is 37.1 Å². The van der Waals surface area contributed by atoms with Crippen molar-refractivity contribution >= 4 is 44.1 Å². The zero-order valence-corrected chi connectivity index (χ0v) is 22.3. The molecule has 0 radical (unpaired) electrons. The average molecular weight is 557 g/mol. The number of Topliss-reactive ketones (excluding diaryl/α,β-unsaturated/α-hetero) is 1. The molecule has 2 aliphatic heterocycles. The van der Waals surface area contributed by atoms with Crippen LogP contribution < -0.4 is 23.8 Å². The van der Waals surface area contributed by atoms with Crippen LogP contribution in [0.4, 0.5) is 5.13 Å². The number of ketones is 1. The van der Waals surface area contributed by atoms with Crippen LogP contribution in [0.25, 0.3) is 16.0 Å². The minimum absolute atomic E-state index is 0.0572. The Balaban J connectivity index is 1.50. The summed E-state index contributed by atoms with van der Waals surface area (Å²) in [6, 6.07) is 16.4. The van der Waals surface area contributed by atoms with Crippen molar-refractivity contribution in [2.24, 2.45) is 0 Å². The molecule has 0 saturated carbocycles. The molecule has 3 aromatic carbocycles. The van der Waals surface area contributed by atoms with E-state index in [2.05, 4.69) is 11.6 Å². The smallest absolute Gasteiger partial charge is 0.301 e. The number of methoxy groups -OCH3 is 1. The molecular formula is C30H24N2O7S. The van der Waals surface area contributed by atoms with Gasteiger partial charge in [0.25, 0.3) is 5.78 Å². The molecule has 6 rings (SSSR count). The second kappa shape index (κ2) is 10.4. The van der Waals surface area contributed by atoms with Gasteiger partial charge in [-0.1, -0.05) is 36.1 Å². The highest BCUT2D eigenvalue weighted by Crippen LogP contribution is 2.45. The third kappa shape index (κ3) is 4.42. The van der Waals surface area contributed by atoms with Crippen molar-refractivity contribution in [3.63, 3.8) is 0 Å². The Morgan fingerprint density at radius 2 is 1.82 bits per heavy atom. The van der Waals surface area contributed by atoms with E-state index in [4.69, 9.17) is 18.9 Å². The summed E-state index contributed by atoms with van der Waals surface area (Å²) in [5, 5.41) is 11.8. The lowest BCUT2D eigenvalue weighted by molar-refractivity contribution is -0.132. The highest BCUT2D eigenvalue weighted by atomic mass is 32.1. The van der Waals surface area contributed by atoms with Gasteiger partial charge in [0.05, 0.1) is 28.9 Å². The second-order valence-electron chi connectivity index (χ2n) is 9.03. The minimum atomic E-state index is -0.941. The Hall–Kier alpha value is -4.83. The molecule has 3 heterocycles. The first-order valence-electron chi connectivity index (χ1n) is 12.5. The van der Waals surface area contributed by atoms with Crippen LogP contribution in [0, 0.1) is 0 Å². The zero-order chi connectivity index (χ0) is 27.8. The molecule has 9 nitrogen and oxygen atoms in total. The number of hydrogen-bond acceptors (Lipinski definition) is 9. The maximum absolute atomic E-state index is 13.6. The van der Waals surface area contributed by atoms with E-state index in [1.165, 1.54) is 16.2 Å². The number of carbonyl (C=O) groups is 2. The number of aliphatic hydroxyl groups excluding tert-OH is 1. The average Bonchev–Trinajstić information content (AvgIpc) is 3.53. The van der Waals surface area contributed by atoms with Crippen molar-refractivity contribution in [3.05, 3.63) is 90.0 Å². The van der Waals surface area contributed by atoms with Gasteiger partial charge in [0, 0.05) is 5.56 Å². The Labute approximate surface area is 233 Å². The number of aromatic nitrogens is 1. The molecular weight excluding hydrogens is 532 g/mol. The molecule has 1 unspecified atom stereocenters. The lowest BCUT2D eigenvalue weighted by Crippen LogP contribution is -2.29. The molecule has 1 fully saturated rings. The van der Waals surface area contributed by atoms with Gasteiger partial charge >= 0.3 is 5.91 Å². The topological polar surface area (TPSA) is 107 Å². The van der Waals surface area contributed by atoms with Gasteiger partial charge in [-0.3, -0.25) is 14.5 Å². The van der Waals surface area contributed by atoms with E-state index in [1.807, 2.05) is 6.07 Å². The first-order valence-corrected chi connectivity index (χ1v) is 13.3. The van der Waals surface area contributed by atoms with Crippen molar-refractivity contribution < 1.29 is 33.6 Å². The normalized spacial score (nSPS) is 17.7. The van der Waals surface area contributed by atoms with Crippen molar-refractivity contribution in [1.82, 2.24) is 4.98 Å². The summed E-state index contributed by atoms with van der Waals surface area (Å²) >= 11 is 1.26. The van der Waals surface area contributed by atoms with E-state index in [0.717, 1.165) is 4.70 Å². The highest BCUT2D eigenvalue weighted by molar-refractivity contribution is 7.22. The molecule has 10 heteroatoms. The van der Waals surface area contributed by atoms with Crippen LogP contribution in [-0.4, -0.2) is 48.7 Å². The number of amides is 1. The largest absolute Gasteiger partial charge is 0.507 e. The molecule has 40 heavy (non-hydrogen) atoms. The number of thiazole rings is 1. The van der Waals surface area contributed by atoms with Crippen molar-refractivity contribution in [1.29, 1.82) is 0 Å². The molecule has 1 amide bonds. The number of aliphatic hydroxyl groups is 1. The van der Waals surface area contributed by atoms with Gasteiger partial charge in [0.2, 0.25) is 0 Å². The standard InChI is InChI=1S/C30H24N2O7S/c1-3-12-37-19-7-4-17(5-8-19)26-25(27(33)18-6-11-22-23(15-18)39-14-13-38-22)28(34)29(35)32(26)30-31-21-10-9-20(36-2)16-24(21)40-30/h3-11,15-16,26,33H,1,12-14H2,2H3/b27-25-. The summed E-state index contributed by atoms with van der Waals surface area (Å²) in [5.41, 5.74) is 1.52. The fourth-order valence-corrected chi connectivity index (χ4v) is 5.74. The van der Waals surface area contributed by atoms with Crippen molar-refractivity contribution in [2.75, 3.05) is 31.8 Å². The van der Waals surface area contributed by atoms with Gasteiger partial charge < -0.3 is 24.1 Å². The monoisotopic (exact) mass is 556 g/mol. The van der Waals surface area contributed by atoms with Gasteiger partial charge in [-0.05, 0) is 54.1 Å². The zero-order valence-electron chi connectivity index (χ0n) is 21.5. The summed E-state index contributed by atoms with van der Waals surface area (Å²) in [6.45, 7) is 4.78. The van der Waals surface area contributed by atoms with Crippen LogP contribution in [-0.2, 0) is 9.59 Å². The van der Waals surface area contributed by atoms with Gasteiger partial charge in [-0.2, -0.15) is 0 Å². The van der Waals surface area contributed by atoms with Crippen LogP contribution >= 0.6 is 11.3 Å². The molecule has 1 N–H and O–H groups in total. The van der Waals surface area contributed by atoms with Crippen LogP contribution in [0.3, 0.4) is 0 Å². The fourth-order valence-electron chi connectivity index (χ4n) is 4.72. The number of benzene rings is 3. The lowest BCUT2D eigenvalue weighted by Gasteiger charge is -2.23. The summed E-state index contributed by atoms with van der Waals surface area (Å²) in [4.78, 5) is 33.1. The van der Waals surface area contributed by atoms with Crippen molar-refractivity contribution in [2.45, 2.75) is 6.04 Å². The number of anilines is 1. The second-order valence-corrected chi connectivity index (χ2v) is 10.0. The third-order valence-electron chi connectivity index (χ3n) is 6.61. The van der Waals surface area contributed by atoms with Crippen LogP contribution in [0.2, 0.25) is 0 Å². The SMILES string of the molecule is C=CCOc1ccc(C2/C(=C(/O)c3ccc4c(c3)OCCO4)C(=O)C(=O)N2c2nc3ccc(OC)cc3s2)cc1. The van der Waals surface area contributed by atoms with Gasteiger partial charge in [-0.25, -0.2) is 4.98 Å². The molecule has 1 atom stereocenters. The van der Waals surface area contributed by atoms with Gasteiger partial charge in [0.15, 0.2) is 16.6 Å². The number of rotatable bonds is 7. The highest BCUT2D eigenvalue weighted by Gasteiger charge is 2.48. The number of nitrogens with zero attached hydrogens (tertiary/aromatic N) is 2. The minimum Gasteiger partial charge on any atom is -0.507 e. The predicted molar refractivity (Wildman–Crippen MR) is 151 cm³/mol. The summed E-state index contributed by atoms with van der Waals surface area (Å²) in [6.07, 6.45) is 1.64. The Kier molecular flexibility index (Phi) is 6.61. The van der Waals surface area contributed by atoms with E-state index < -0.39 is 17.7 Å². The number of carbonyl (C=O) groups excluding carboxylic acids is 2. The van der Waals surface area contributed by atoms with Crippen LogP contribution in [0.5, 0.6) is 23.0 Å². The Morgan fingerprint density at radius 3 is 2.58 bits per heavy atom. The van der Waals surface area contributed by atoms with E-state index in [9.17, 15) is 14.7 Å². The van der Waals surface area contributed by atoms with Gasteiger partial charge in [-0.15, -0.1) is 0 Å². The molecule has 4 aromatic rings. The van der Waals surface area contributed by atoms with Crippen molar-refractivity contribution in [3.8, 4) is 23.0 Å². The first kappa shape index (κ1) is 25.4.